The SMILES string of the molecule is O=C(O)CN(Cc1ccccc1)C(=O)[C@@H]1CCCCO1. The van der Waals surface area contributed by atoms with Crippen molar-refractivity contribution in [2.24, 2.45) is 0 Å². The van der Waals surface area contributed by atoms with E-state index in [4.69, 9.17) is 9.84 Å². The molecule has 1 atom stereocenters. The van der Waals surface area contributed by atoms with Gasteiger partial charge in [-0.1, -0.05) is 30.3 Å². The second-order valence-corrected chi connectivity index (χ2v) is 4.93. The average molecular weight is 277 g/mol. The van der Waals surface area contributed by atoms with Gasteiger partial charge >= 0.3 is 5.97 Å². The zero-order valence-electron chi connectivity index (χ0n) is 11.3. The molecule has 2 rings (SSSR count). The van der Waals surface area contributed by atoms with Crippen LogP contribution < -0.4 is 0 Å². The largest absolute Gasteiger partial charge is 0.480 e. The summed E-state index contributed by atoms with van der Waals surface area (Å²) < 4.78 is 5.46. The topological polar surface area (TPSA) is 66.8 Å². The fourth-order valence-corrected chi connectivity index (χ4v) is 2.32. The monoisotopic (exact) mass is 277 g/mol. The molecule has 1 saturated heterocycles. The number of nitrogens with zero attached hydrogens (tertiary/aromatic N) is 1. The van der Waals surface area contributed by atoms with Crippen molar-refractivity contribution in [2.45, 2.75) is 31.9 Å². The second-order valence-electron chi connectivity index (χ2n) is 4.93. The Balaban J connectivity index is 2.05. The number of carbonyl (C=O) groups is 2. The maximum atomic E-state index is 12.4. The third-order valence-electron chi connectivity index (χ3n) is 3.31. The van der Waals surface area contributed by atoms with Crippen LogP contribution in [0.3, 0.4) is 0 Å². The van der Waals surface area contributed by atoms with Gasteiger partial charge in [0.05, 0.1) is 0 Å². The first kappa shape index (κ1) is 14.5. The summed E-state index contributed by atoms with van der Waals surface area (Å²) >= 11 is 0. The molecular weight excluding hydrogens is 258 g/mol. The molecule has 1 amide bonds. The lowest BCUT2D eigenvalue weighted by Crippen LogP contribution is -2.43. The predicted octanol–water partition coefficient (Wildman–Crippen LogP) is 1.67. The molecule has 1 aliphatic heterocycles. The lowest BCUT2D eigenvalue weighted by molar-refractivity contribution is -0.153. The Morgan fingerprint density at radius 1 is 1.25 bits per heavy atom. The van der Waals surface area contributed by atoms with E-state index in [0.717, 1.165) is 18.4 Å². The van der Waals surface area contributed by atoms with Crippen molar-refractivity contribution in [2.75, 3.05) is 13.2 Å². The number of carboxylic acids is 1. The second kappa shape index (κ2) is 7.05. The zero-order valence-corrected chi connectivity index (χ0v) is 11.3. The molecular formula is C15H19NO4. The Morgan fingerprint density at radius 3 is 2.60 bits per heavy atom. The van der Waals surface area contributed by atoms with Gasteiger partial charge in [-0.2, -0.15) is 0 Å². The van der Waals surface area contributed by atoms with E-state index in [9.17, 15) is 9.59 Å². The minimum atomic E-state index is -1.01. The van der Waals surface area contributed by atoms with Gasteiger partial charge < -0.3 is 14.7 Å². The summed E-state index contributed by atoms with van der Waals surface area (Å²) in [5.74, 6) is -1.24. The van der Waals surface area contributed by atoms with Gasteiger partial charge in [0.2, 0.25) is 0 Å². The van der Waals surface area contributed by atoms with Crippen LogP contribution in [-0.4, -0.2) is 41.1 Å². The molecule has 1 fully saturated rings. The van der Waals surface area contributed by atoms with Gasteiger partial charge in [0, 0.05) is 13.2 Å². The molecule has 1 aromatic carbocycles. The van der Waals surface area contributed by atoms with Crippen molar-refractivity contribution in [3.8, 4) is 0 Å². The molecule has 1 N–H and O–H groups in total. The number of hydrogen-bond donors (Lipinski definition) is 1. The molecule has 0 bridgehead atoms. The molecule has 0 unspecified atom stereocenters. The summed E-state index contributed by atoms with van der Waals surface area (Å²) in [5.41, 5.74) is 0.915. The summed E-state index contributed by atoms with van der Waals surface area (Å²) in [4.78, 5) is 24.7. The van der Waals surface area contributed by atoms with Gasteiger partial charge in [-0.15, -0.1) is 0 Å². The van der Waals surface area contributed by atoms with E-state index in [2.05, 4.69) is 0 Å². The summed E-state index contributed by atoms with van der Waals surface area (Å²) in [7, 11) is 0. The maximum absolute atomic E-state index is 12.4. The van der Waals surface area contributed by atoms with Crippen molar-refractivity contribution in [3.63, 3.8) is 0 Å². The van der Waals surface area contributed by atoms with E-state index < -0.39 is 12.1 Å². The fourth-order valence-electron chi connectivity index (χ4n) is 2.32. The highest BCUT2D eigenvalue weighted by Gasteiger charge is 2.28. The molecule has 0 aromatic heterocycles. The lowest BCUT2D eigenvalue weighted by atomic mass is 10.1. The van der Waals surface area contributed by atoms with Crippen molar-refractivity contribution in [1.82, 2.24) is 4.90 Å². The first-order valence-corrected chi connectivity index (χ1v) is 6.83. The highest BCUT2D eigenvalue weighted by molar-refractivity contribution is 5.84. The Bertz CT molecular complexity index is 454. The zero-order chi connectivity index (χ0) is 14.4. The molecule has 1 aromatic rings. The van der Waals surface area contributed by atoms with E-state index >= 15 is 0 Å². The van der Waals surface area contributed by atoms with Crippen LogP contribution in [0.15, 0.2) is 30.3 Å². The fraction of sp³-hybridized carbons (Fsp3) is 0.467. The average Bonchev–Trinajstić information content (AvgIpc) is 2.47. The van der Waals surface area contributed by atoms with Gasteiger partial charge in [-0.25, -0.2) is 0 Å². The van der Waals surface area contributed by atoms with Gasteiger partial charge in [0.15, 0.2) is 0 Å². The van der Waals surface area contributed by atoms with Crippen LogP contribution in [0.5, 0.6) is 0 Å². The van der Waals surface area contributed by atoms with Crippen LogP contribution in [0.25, 0.3) is 0 Å². The third-order valence-corrected chi connectivity index (χ3v) is 3.31. The number of hydrogen-bond acceptors (Lipinski definition) is 3. The van der Waals surface area contributed by atoms with Crippen LogP contribution in [-0.2, 0) is 20.9 Å². The van der Waals surface area contributed by atoms with Crippen LogP contribution in [0.2, 0.25) is 0 Å². The molecule has 0 aliphatic carbocycles. The first-order chi connectivity index (χ1) is 9.66. The van der Waals surface area contributed by atoms with E-state index in [1.165, 1.54) is 4.90 Å². The Labute approximate surface area is 118 Å². The minimum Gasteiger partial charge on any atom is -0.480 e. The Morgan fingerprint density at radius 2 is 2.00 bits per heavy atom. The van der Waals surface area contributed by atoms with Crippen LogP contribution in [0, 0.1) is 0 Å². The summed E-state index contributed by atoms with van der Waals surface area (Å²) in [6, 6.07) is 9.39. The van der Waals surface area contributed by atoms with E-state index in [-0.39, 0.29) is 12.5 Å². The molecule has 20 heavy (non-hydrogen) atoms. The Hall–Kier alpha value is -1.88. The standard InChI is InChI=1S/C15H19NO4/c17-14(18)11-16(10-12-6-2-1-3-7-12)15(19)13-8-4-5-9-20-13/h1-3,6-7,13H,4-5,8-11H2,(H,17,18)/t13-/m0/s1. The number of rotatable bonds is 5. The van der Waals surface area contributed by atoms with Crippen molar-refractivity contribution < 1.29 is 19.4 Å². The smallest absolute Gasteiger partial charge is 0.323 e. The van der Waals surface area contributed by atoms with E-state index in [0.29, 0.717) is 19.6 Å². The van der Waals surface area contributed by atoms with Crippen molar-refractivity contribution in [1.29, 1.82) is 0 Å². The Kier molecular flexibility index (Phi) is 5.12. The third kappa shape index (κ3) is 4.06. The first-order valence-electron chi connectivity index (χ1n) is 6.83. The van der Waals surface area contributed by atoms with Crippen LogP contribution in [0.1, 0.15) is 24.8 Å². The molecule has 5 heteroatoms. The van der Waals surface area contributed by atoms with Crippen LogP contribution in [0.4, 0.5) is 0 Å². The summed E-state index contributed by atoms with van der Waals surface area (Å²) in [6.45, 7) is 0.572. The minimum absolute atomic E-state index is 0.226. The molecule has 1 heterocycles. The number of ether oxygens (including phenoxy) is 1. The maximum Gasteiger partial charge on any atom is 0.323 e. The summed E-state index contributed by atoms with van der Waals surface area (Å²) in [5, 5.41) is 8.97. The number of amides is 1. The highest BCUT2D eigenvalue weighted by atomic mass is 16.5. The van der Waals surface area contributed by atoms with Gasteiger partial charge in [-0.05, 0) is 24.8 Å². The summed E-state index contributed by atoms with van der Waals surface area (Å²) in [6.07, 6.45) is 2.08. The van der Waals surface area contributed by atoms with Crippen LogP contribution >= 0.6 is 0 Å². The normalized spacial score (nSPS) is 18.5. The van der Waals surface area contributed by atoms with Gasteiger partial charge in [-0.3, -0.25) is 9.59 Å². The van der Waals surface area contributed by atoms with Crippen molar-refractivity contribution >= 4 is 11.9 Å². The van der Waals surface area contributed by atoms with Gasteiger partial charge in [0.25, 0.3) is 5.91 Å². The molecule has 0 radical (unpaired) electrons. The lowest BCUT2D eigenvalue weighted by Gasteiger charge is -2.28. The van der Waals surface area contributed by atoms with E-state index in [1.54, 1.807) is 0 Å². The quantitative estimate of drug-likeness (QED) is 0.889. The highest BCUT2D eigenvalue weighted by Crippen LogP contribution is 2.16. The number of aliphatic carboxylic acids is 1. The van der Waals surface area contributed by atoms with Gasteiger partial charge in [0.1, 0.15) is 12.6 Å². The number of carbonyl (C=O) groups excluding carboxylic acids is 1. The van der Waals surface area contributed by atoms with Crippen molar-refractivity contribution in [3.05, 3.63) is 35.9 Å². The molecule has 0 spiro atoms. The molecule has 5 nitrogen and oxygen atoms in total. The molecule has 108 valence electrons. The van der Waals surface area contributed by atoms with E-state index in [1.807, 2.05) is 30.3 Å². The molecule has 0 saturated carbocycles. The number of carboxylic acid groups (broad SMARTS) is 1. The number of benzene rings is 1. The molecule has 1 aliphatic rings. The predicted molar refractivity (Wildman–Crippen MR) is 73.1 cm³/mol.